The minimum absolute atomic E-state index is 0.133. The van der Waals surface area contributed by atoms with Crippen LogP contribution in [0.4, 0.5) is 0 Å². The summed E-state index contributed by atoms with van der Waals surface area (Å²) in [6, 6.07) is 3.49. The lowest BCUT2D eigenvalue weighted by Gasteiger charge is -2.11. The highest BCUT2D eigenvalue weighted by Crippen LogP contribution is 2.20. The van der Waals surface area contributed by atoms with Crippen LogP contribution >= 0.6 is 11.3 Å². The third-order valence-corrected chi connectivity index (χ3v) is 3.31. The van der Waals surface area contributed by atoms with Crippen molar-refractivity contribution < 1.29 is 13.9 Å². The Bertz CT molecular complexity index is 617. The SMILES string of the molecule is COCC(C)NC(=O)Cn1nc(-c2cccs2)oc1=O. The van der Waals surface area contributed by atoms with Gasteiger partial charge in [0.25, 0.3) is 5.89 Å². The Morgan fingerprint density at radius 1 is 1.65 bits per heavy atom. The molecule has 0 spiro atoms. The van der Waals surface area contributed by atoms with Gasteiger partial charge in [-0.3, -0.25) is 4.79 Å². The van der Waals surface area contributed by atoms with Crippen molar-refractivity contribution in [3.8, 4) is 10.8 Å². The molecule has 0 fully saturated rings. The second-order valence-corrected chi connectivity index (χ2v) is 5.18. The van der Waals surface area contributed by atoms with Crippen molar-refractivity contribution in [1.82, 2.24) is 15.1 Å². The van der Waals surface area contributed by atoms with E-state index in [4.69, 9.17) is 9.15 Å². The number of aromatic nitrogens is 2. The number of methoxy groups -OCH3 is 1. The van der Waals surface area contributed by atoms with E-state index in [1.165, 1.54) is 11.3 Å². The van der Waals surface area contributed by atoms with E-state index in [-0.39, 0.29) is 24.4 Å². The number of amides is 1. The van der Waals surface area contributed by atoms with Crippen molar-refractivity contribution in [1.29, 1.82) is 0 Å². The van der Waals surface area contributed by atoms with Gasteiger partial charge in [-0.25, -0.2) is 4.79 Å². The average molecular weight is 297 g/mol. The highest BCUT2D eigenvalue weighted by Gasteiger charge is 2.14. The number of thiophene rings is 1. The first-order valence-corrected chi connectivity index (χ1v) is 6.88. The lowest BCUT2D eigenvalue weighted by Crippen LogP contribution is -2.39. The summed E-state index contributed by atoms with van der Waals surface area (Å²) in [5.41, 5.74) is 0. The van der Waals surface area contributed by atoms with Gasteiger partial charge < -0.3 is 14.5 Å². The molecule has 8 heteroatoms. The molecule has 2 aromatic rings. The third kappa shape index (κ3) is 3.55. The van der Waals surface area contributed by atoms with E-state index < -0.39 is 5.76 Å². The maximum absolute atomic E-state index is 11.7. The molecule has 1 atom stereocenters. The number of hydrogen-bond acceptors (Lipinski definition) is 6. The van der Waals surface area contributed by atoms with Crippen LogP contribution in [0.15, 0.2) is 26.7 Å². The number of rotatable bonds is 6. The molecule has 108 valence electrons. The molecule has 1 amide bonds. The Morgan fingerprint density at radius 2 is 2.45 bits per heavy atom. The van der Waals surface area contributed by atoms with E-state index in [9.17, 15) is 9.59 Å². The van der Waals surface area contributed by atoms with Gasteiger partial charge in [0.05, 0.1) is 11.5 Å². The number of ether oxygens (including phenoxy) is 1. The van der Waals surface area contributed by atoms with E-state index in [1.54, 1.807) is 13.2 Å². The van der Waals surface area contributed by atoms with Crippen LogP contribution < -0.4 is 11.1 Å². The molecule has 2 heterocycles. The van der Waals surface area contributed by atoms with Crippen LogP contribution in [0, 0.1) is 0 Å². The zero-order valence-electron chi connectivity index (χ0n) is 11.2. The van der Waals surface area contributed by atoms with Gasteiger partial charge in [0.15, 0.2) is 0 Å². The van der Waals surface area contributed by atoms with Crippen LogP contribution in [-0.4, -0.2) is 35.4 Å². The summed E-state index contributed by atoms with van der Waals surface area (Å²) in [5.74, 6) is -0.742. The highest BCUT2D eigenvalue weighted by atomic mass is 32.1. The molecular weight excluding hydrogens is 282 g/mol. The van der Waals surface area contributed by atoms with E-state index >= 15 is 0 Å². The summed E-state index contributed by atoms with van der Waals surface area (Å²) < 4.78 is 10.9. The second-order valence-electron chi connectivity index (χ2n) is 4.23. The van der Waals surface area contributed by atoms with E-state index in [1.807, 2.05) is 18.4 Å². The number of nitrogens with one attached hydrogen (secondary N) is 1. The molecule has 1 unspecified atom stereocenters. The minimum atomic E-state index is -0.650. The van der Waals surface area contributed by atoms with Crippen molar-refractivity contribution in [3.05, 3.63) is 28.1 Å². The Kier molecular flexibility index (Phi) is 4.70. The Balaban J connectivity index is 2.03. The molecule has 0 aliphatic carbocycles. The predicted octanol–water partition coefficient (Wildman–Crippen LogP) is 0.716. The molecule has 0 saturated heterocycles. The van der Waals surface area contributed by atoms with E-state index in [0.717, 1.165) is 9.56 Å². The zero-order valence-corrected chi connectivity index (χ0v) is 12.0. The summed E-state index contributed by atoms with van der Waals surface area (Å²) in [7, 11) is 1.55. The topological polar surface area (TPSA) is 86.4 Å². The van der Waals surface area contributed by atoms with Gasteiger partial charge in [-0.2, -0.15) is 4.68 Å². The molecule has 2 rings (SSSR count). The summed E-state index contributed by atoms with van der Waals surface area (Å²) in [6.45, 7) is 2.03. The van der Waals surface area contributed by atoms with Gasteiger partial charge in [-0.05, 0) is 18.4 Å². The molecule has 20 heavy (non-hydrogen) atoms. The fraction of sp³-hybridized carbons (Fsp3) is 0.417. The Hall–Kier alpha value is -1.93. The van der Waals surface area contributed by atoms with Crippen LogP contribution in [0.3, 0.4) is 0 Å². The van der Waals surface area contributed by atoms with Crippen molar-refractivity contribution >= 4 is 17.2 Å². The fourth-order valence-corrected chi connectivity index (χ4v) is 2.30. The smallest absolute Gasteiger partial charge is 0.387 e. The van der Waals surface area contributed by atoms with Crippen LogP contribution in [0.2, 0.25) is 0 Å². The molecule has 0 saturated carbocycles. The Morgan fingerprint density at radius 3 is 3.10 bits per heavy atom. The summed E-state index contributed by atoms with van der Waals surface area (Å²) in [4.78, 5) is 24.1. The molecule has 7 nitrogen and oxygen atoms in total. The zero-order chi connectivity index (χ0) is 14.5. The van der Waals surface area contributed by atoms with Gasteiger partial charge in [0, 0.05) is 13.2 Å². The van der Waals surface area contributed by atoms with Crippen LogP contribution in [0.1, 0.15) is 6.92 Å². The van der Waals surface area contributed by atoms with Crippen molar-refractivity contribution in [2.24, 2.45) is 0 Å². The monoisotopic (exact) mass is 297 g/mol. The maximum atomic E-state index is 11.7. The molecule has 0 bridgehead atoms. The molecule has 0 aromatic carbocycles. The van der Waals surface area contributed by atoms with Gasteiger partial charge in [-0.15, -0.1) is 16.4 Å². The summed E-state index contributed by atoms with van der Waals surface area (Å²) in [5, 5.41) is 8.55. The quantitative estimate of drug-likeness (QED) is 0.849. The van der Waals surface area contributed by atoms with Crippen LogP contribution in [0.5, 0.6) is 0 Å². The number of nitrogens with zero attached hydrogens (tertiary/aromatic N) is 2. The summed E-state index contributed by atoms with van der Waals surface area (Å²) in [6.07, 6.45) is 0. The van der Waals surface area contributed by atoms with Crippen molar-refractivity contribution in [2.75, 3.05) is 13.7 Å². The second kappa shape index (κ2) is 6.49. The van der Waals surface area contributed by atoms with E-state index in [0.29, 0.717) is 6.61 Å². The van der Waals surface area contributed by atoms with Crippen LogP contribution in [-0.2, 0) is 16.1 Å². The maximum Gasteiger partial charge on any atom is 0.437 e. The molecule has 1 N–H and O–H groups in total. The predicted molar refractivity (Wildman–Crippen MR) is 73.6 cm³/mol. The molecule has 2 aromatic heterocycles. The largest absolute Gasteiger partial charge is 0.437 e. The average Bonchev–Trinajstić information content (AvgIpc) is 3.00. The van der Waals surface area contributed by atoms with E-state index in [2.05, 4.69) is 10.4 Å². The molecule has 0 radical (unpaired) electrons. The lowest BCUT2D eigenvalue weighted by atomic mass is 10.3. The van der Waals surface area contributed by atoms with Gasteiger partial charge >= 0.3 is 5.76 Å². The van der Waals surface area contributed by atoms with Gasteiger partial charge in [0.2, 0.25) is 5.91 Å². The van der Waals surface area contributed by atoms with Gasteiger partial charge in [-0.1, -0.05) is 6.07 Å². The first-order chi connectivity index (χ1) is 9.60. The van der Waals surface area contributed by atoms with Gasteiger partial charge in [0.1, 0.15) is 6.54 Å². The molecule has 0 aliphatic heterocycles. The third-order valence-electron chi connectivity index (χ3n) is 2.46. The Labute approximate surface area is 119 Å². The number of hydrogen-bond donors (Lipinski definition) is 1. The molecule has 0 aliphatic rings. The van der Waals surface area contributed by atoms with Crippen LogP contribution in [0.25, 0.3) is 10.8 Å². The standard InChI is InChI=1S/C12H15N3O4S/c1-8(7-18-2)13-10(16)6-15-12(17)19-11(14-15)9-4-3-5-20-9/h3-5,8H,6-7H2,1-2H3,(H,13,16). The normalized spacial score (nSPS) is 12.3. The first kappa shape index (κ1) is 14.5. The number of carbonyl (C=O) groups is 1. The van der Waals surface area contributed by atoms with Crippen molar-refractivity contribution in [2.45, 2.75) is 19.5 Å². The lowest BCUT2D eigenvalue weighted by molar-refractivity contribution is -0.122. The molecular formula is C12H15N3O4S. The first-order valence-electron chi connectivity index (χ1n) is 6.00. The highest BCUT2D eigenvalue weighted by molar-refractivity contribution is 7.13. The number of carbonyl (C=O) groups excluding carboxylic acids is 1. The summed E-state index contributed by atoms with van der Waals surface area (Å²) >= 11 is 1.41. The minimum Gasteiger partial charge on any atom is -0.387 e. The fourth-order valence-electron chi connectivity index (χ4n) is 1.65. The van der Waals surface area contributed by atoms with Crippen molar-refractivity contribution in [3.63, 3.8) is 0 Å².